The number of aromatic nitrogens is 4. The van der Waals surface area contributed by atoms with Crippen LogP contribution in [0.15, 0.2) is 85.7 Å². The van der Waals surface area contributed by atoms with E-state index in [0.29, 0.717) is 60.6 Å². The summed E-state index contributed by atoms with van der Waals surface area (Å²) in [6.07, 6.45) is 6.58. The van der Waals surface area contributed by atoms with Crippen LogP contribution in [0.3, 0.4) is 0 Å². The van der Waals surface area contributed by atoms with E-state index >= 15 is 0 Å². The molecule has 66 heavy (non-hydrogen) atoms. The lowest BCUT2D eigenvalue weighted by molar-refractivity contribution is -0.136. The highest BCUT2D eigenvalue weighted by Crippen LogP contribution is 2.35. The van der Waals surface area contributed by atoms with Crippen LogP contribution in [0.4, 0.5) is 5.82 Å². The standard InChI is InChI=1S/C45H55N11O10/c1-4-29(2)66-33-12-10-30(11-13-33)40-39-41(47)49-28-50-42(39)56(52-40)32-8-6-16-54(25-32)44(60)34(46)26-55(48)17-18-62-19-20-63-21-22-64-23-24-65-36-9-5-7-31(27-57)38(36)45(61)53(3)35-14-15-37(58)51-43(35)59/h4-5,7,9-13,26-28,32,35H,1-2,6,8,14-25,46,48H2,3H3,(H2,47,49,50)(H,51,58,59)/b34-26-. The molecule has 0 bridgehead atoms. The van der Waals surface area contributed by atoms with Crippen LogP contribution in [0.25, 0.3) is 22.3 Å². The van der Waals surface area contributed by atoms with Crippen molar-refractivity contribution < 1.29 is 47.7 Å². The van der Waals surface area contributed by atoms with E-state index in [2.05, 4.69) is 28.4 Å². The minimum atomic E-state index is -0.861. The smallest absolute Gasteiger partial charge is 0.271 e. The van der Waals surface area contributed by atoms with Gasteiger partial charge in [0.2, 0.25) is 11.8 Å². The van der Waals surface area contributed by atoms with E-state index in [0.717, 1.165) is 12.0 Å². The van der Waals surface area contributed by atoms with Gasteiger partial charge in [-0.15, -0.1) is 0 Å². The SMILES string of the molecule is C=CC(=C)Oc1ccc(-c2nn(C3CCCN(C(=O)/C(N)=C/N(N)CCOCCOCCOCCOc4cccc(C=O)c4C(=O)N(C)C4CCC(=O)NC4=O)C3)c3ncnc(N)c23)cc1. The molecule has 2 aromatic carbocycles. The number of fused-ring (bicyclic) bond motifs is 1. The molecule has 2 aromatic heterocycles. The van der Waals surface area contributed by atoms with Gasteiger partial charge in [0.05, 0.1) is 63.2 Å². The first-order chi connectivity index (χ1) is 31.9. The van der Waals surface area contributed by atoms with Crippen LogP contribution in [0.5, 0.6) is 11.5 Å². The number of hydrogen-bond acceptors (Lipinski definition) is 17. The molecular formula is C45H55N11O10. The van der Waals surface area contributed by atoms with Gasteiger partial charge in [0.25, 0.3) is 11.8 Å². The van der Waals surface area contributed by atoms with Gasteiger partial charge in [0, 0.05) is 43.9 Å². The number of piperidine rings is 2. The van der Waals surface area contributed by atoms with Crippen molar-refractivity contribution in [2.45, 2.75) is 37.8 Å². The Balaban J connectivity index is 0.884. The lowest BCUT2D eigenvalue weighted by Gasteiger charge is -2.33. The van der Waals surface area contributed by atoms with Gasteiger partial charge in [-0.05, 0) is 55.7 Å². The van der Waals surface area contributed by atoms with Gasteiger partial charge in [-0.3, -0.25) is 29.3 Å². The number of carbonyl (C=O) groups excluding carboxylic acids is 5. The number of aldehydes is 1. The van der Waals surface area contributed by atoms with Gasteiger partial charge >= 0.3 is 0 Å². The quantitative estimate of drug-likeness (QED) is 0.0121. The second-order valence-corrected chi connectivity index (χ2v) is 15.3. The summed E-state index contributed by atoms with van der Waals surface area (Å²) >= 11 is 0. The number of nitrogen functional groups attached to an aromatic ring is 1. The first-order valence-corrected chi connectivity index (χ1v) is 21.3. The largest absolute Gasteiger partial charge is 0.490 e. The molecule has 0 spiro atoms. The normalized spacial score (nSPS) is 16.4. The molecule has 21 nitrogen and oxygen atoms in total. The fourth-order valence-electron chi connectivity index (χ4n) is 7.43. The summed E-state index contributed by atoms with van der Waals surface area (Å²) < 4.78 is 30.0. The zero-order valence-electron chi connectivity index (χ0n) is 36.8. The maximum absolute atomic E-state index is 13.5. The number of amides is 4. The predicted molar refractivity (Wildman–Crippen MR) is 241 cm³/mol. The molecule has 2 fully saturated rings. The summed E-state index contributed by atoms with van der Waals surface area (Å²) in [6, 6.07) is 10.9. The Bertz CT molecular complexity index is 2440. The molecule has 0 saturated carbocycles. The van der Waals surface area contributed by atoms with Crippen molar-refractivity contribution in [3.8, 4) is 22.8 Å². The number of nitrogens with zero attached hydrogens (tertiary/aromatic N) is 7. The molecule has 2 unspecified atom stereocenters. The predicted octanol–water partition coefficient (Wildman–Crippen LogP) is 2.11. The number of nitrogens with one attached hydrogen (secondary N) is 1. The van der Waals surface area contributed by atoms with Crippen molar-refractivity contribution >= 4 is 46.8 Å². The third-order valence-corrected chi connectivity index (χ3v) is 10.8. The van der Waals surface area contributed by atoms with Gasteiger partial charge < -0.3 is 50.0 Å². The highest BCUT2D eigenvalue weighted by molar-refractivity contribution is 6.07. The van der Waals surface area contributed by atoms with E-state index in [9.17, 15) is 24.0 Å². The molecule has 4 amide bonds. The second kappa shape index (κ2) is 23.1. The first-order valence-electron chi connectivity index (χ1n) is 21.3. The maximum Gasteiger partial charge on any atom is 0.271 e. The van der Waals surface area contributed by atoms with Crippen LogP contribution in [0.1, 0.15) is 52.4 Å². The molecular weight excluding hydrogens is 855 g/mol. The Morgan fingerprint density at radius 1 is 0.985 bits per heavy atom. The highest BCUT2D eigenvalue weighted by atomic mass is 16.6. The van der Waals surface area contributed by atoms with Crippen molar-refractivity contribution in [2.75, 3.05) is 78.7 Å². The molecule has 4 heterocycles. The van der Waals surface area contributed by atoms with Crippen molar-refractivity contribution in [3.05, 3.63) is 96.8 Å². The summed E-state index contributed by atoms with van der Waals surface area (Å²) in [7, 11) is 1.44. The number of rotatable bonds is 23. The molecule has 6 rings (SSSR count). The van der Waals surface area contributed by atoms with Crippen molar-refractivity contribution in [3.63, 3.8) is 0 Å². The Labute approximate surface area is 381 Å². The molecule has 2 saturated heterocycles. The number of benzene rings is 2. The highest BCUT2D eigenvalue weighted by Gasteiger charge is 2.35. The Morgan fingerprint density at radius 3 is 2.39 bits per heavy atom. The lowest BCUT2D eigenvalue weighted by Crippen LogP contribution is -2.53. The minimum absolute atomic E-state index is 0.0153. The van der Waals surface area contributed by atoms with E-state index in [1.165, 1.54) is 41.6 Å². The number of allylic oxidation sites excluding steroid dienone is 1. The molecule has 0 radical (unpaired) electrons. The van der Waals surface area contributed by atoms with Gasteiger partial charge in [0.1, 0.15) is 53.4 Å². The van der Waals surface area contributed by atoms with Crippen LogP contribution in [-0.4, -0.2) is 143 Å². The monoisotopic (exact) mass is 909 g/mol. The number of imide groups is 1. The average Bonchev–Trinajstić information content (AvgIpc) is 3.72. The number of hydrogen-bond donors (Lipinski definition) is 4. The summed E-state index contributed by atoms with van der Waals surface area (Å²) in [6.45, 7) is 10.2. The summed E-state index contributed by atoms with van der Waals surface area (Å²) in [5.74, 6) is 5.68. The second-order valence-electron chi connectivity index (χ2n) is 15.3. The first kappa shape index (κ1) is 48.3. The summed E-state index contributed by atoms with van der Waals surface area (Å²) in [5.41, 5.74) is 14.6. The van der Waals surface area contributed by atoms with E-state index < -0.39 is 23.8 Å². The zero-order chi connectivity index (χ0) is 47.2. The Kier molecular flexibility index (Phi) is 16.9. The van der Waals surface area contributed by atoms with E-state index in [4.69, 9.17) is 46.1 Å². The fraction of sp³-hybridized carbons (Fsp3) is 0.378. The third kappa shape index (κ3) is 12.1. The lowest BCUT2D eigenvalue weighted by atomic mass is 10.0. The molecule has 2 aliphatic heterocycles. The molecule has 2 aliphatic rings. The molecule has 7 N–H and O–H groups in total. The van der Waals surface area contributed by atoms with Gasteiger partial charge in [-0.25, -0.2) is 20.5 Å². The minimum Gasteiger partial charge on any atom is -0.490 e. The fourth-order valence-corrected chi connectivity index (χ4v) is 7.43. The maximum atomic E-state index is 13.5. The van der Waals surface area contributed by atoms with Crippen LogP contribution >= 0.6 is 0 Å². The molecule has 350 valence electrons. The van der Waals surface area contributed by atoms with Crippen molar-refractivity contribution in [1.82, 2.24) is 39.9 Å². The topological polar surface area (TPSA) is 275 Å². The Morgan fingerprint density at radius 2 is 1.70 bits per heavy atom. The van der Waals surface area contributed by atoms with Crippen LogP contribution < -0.4 is 32.1 Å². The van der Waals surface area contributed by atoms with Crippen LogP contribution in [0.2, 0.25) is 0 Å². The number of likely N-dealkylation sites (N-methyl/N-ethyl adjacent to an activating group) is 1. The van der Waals surface area contributed by atoms with Gasteiger partial charge in [-0.1, -0.05) is 25.3 Å². The number of likely N-dealkylation sites (tertiary alicyclic amines) is 1. The van der Waals surface area contributed by atoms with E-state index in [1.54, 1.807) is 33.8 Å². The molecule has 4 aromatic rings. The molecule has 0 aliphatic carbocycles. The number of nitrogens with two attached hydrogens (primary N) is 3. The van der Waals surface area contributed by atoms with Crippen LogP contribution in [0, 0.1) is 0 Å². The average molecular weight is 910 g/mol. The van der Waals surface area contributed by atoms with E-state index in [1.807, 2.05) is 12.1 Å². The number of ether oxygens (including phenoxy) is 5. The van der Waals surface area contributed by atoms with Crippen LogP contribution in [-0.2, 0) is 28.6 Å². The van der Waals surface area contributed by atoms with Crippen molar-refractivity contribution in [1.29, 1.82) is 0 Å². The summed E-state index contributed by atoms with van der Waals surface area (Å²) in [4.78, 5) is 74.2. The molecule has 21 heteroatoms. The number of hydrazine groups is 1. The number of anilines is 1. The number of carbonyl (C=O) groups is 5. The zero-order valence-corrected chi connectivity index (χ0v) is 36.8. The van der Waals surface area contributed by atoms with Gasteiger partial charge in [-0.2, -0.15) is 5.10 Å². The molecule has 2 atom stereocenters. The van der Waals surface area contributed by atoms with Crippen molar-refractivity contribution in [2.24, 2.45) is 11.6 Å². The third-order valence-electron chi connectivity index (χ3n) is 10.8. The Hall–Kier alpha value is -7.20. The van der Waals surface area contributed by atoms with E-state index in [-0.39, 0.29) is 99.4 Å². The van der Waals surface area contributed by atoms with Gasteiger partial charge in [0.15, 0.2) is 11.9 Å². The summed E-state index contributed by atoms with van der Waals surface area (Å²) in [5, 5.41) is 9.08.